The highest BCUT2D eigenvalue weighted by Crippen LogP contribution is 2.27. The molecule has 0 heterocycles. The van der Waals surface area contributed by atoms with Crippen molar-refractivity contribution in [1.29, 1.82) is 0 Å². The van der Waals surface area contributed by atoms with Crippen molar-refractivity contribution in [3.05, 3.63) is 70.3 Å². The fraction of sp³-hybridized carbons (Fsp3) is 0.143. The van der Waals surface area contributed by atoms with Crippen molar-refractivity contribution in [3.63, 3.8) is 0 Å². The van der Waals surface area contributed by atoms with E-state index in [4.69, 9.17) is 0 Å². The first-order chi connectivity index (χ1) is 8.90. The van der Waals surface area contributed by atoms with E-state index in [1.165, 1.54) is 12.1 Å². The molecule has 0 amide bonds. The Morgan fingerprint density at radius 3 is 2.05 bits per heavy atom. The van der Waals surface area contributed by atoms with Gasteiger partial charge in [-0.15, -0.1) is 0 Å². The van der Waals surface area contributed by atoms with Crippen LogP contribution in [0.25, 0.3) is 0 Å². The predicted octanol–water partition coefficient (Wildman–Crippen LogP) is 3.63. The number of hydrogen-bond donors (Lipinski definition) is 1. The molecule has 2 rings (SSSR count). The Bertz CT molecular complexity index is 602. The Morgan fingerprint density at radius 2 is 1.47 bits per heavy atom. The summed E-state index contributed by atoms with van der Waals surface area (Å²) in [7, 11) is 0. The molecule has 19 heavy (non-hydrogen) atoms. The standard InChI is InChI=1S/C14H10F4O/c1-7-2-3-10(15)9(4-7)14(19)8-5-11(16)13(18)12(17)6-8/h2-6,14,19H,1H3. The molecule has 0 aromatic heterocycles. The average Bonchev–Trinajstić information content (AvgIpc) is 2.37. The zero-order valence-corrected chi connectivity index (χ0v) is 9.92. The Balaban J connectivity index is 2.49. The van der Waals surface area contributed by atoms with E-state index in [0.717, 1.165) is 6.07 Å². The van der Waals surface area contributed by atoms with E-state index < -0.39 is 29.4 Å². The van der Waals surface area contributed by atoms with Gasteiger partial charge in [-0.2, -0.15) is 0 Å². The Kier molecular flexibility index (Phi) is 3.57. The molecule has 1 unspecified atom stereocenters. The molecule has 0 aliphatic heterocycles. The SMILES string of the molecule is Cc1ccc(F)c(C(O)c2cc(F)c(F)c(F)c2)c1. The van der Waals surface area contributed by atoms with Crippen LogP contribution in [0.15, 0.2) is 30.3 Å². The van der Waals surface area contributed by atoms with Crippen LogP contribution in [0, 0.1) is 30.2 Å². The van der Waals surface area contributed by atoms with Crippen LogP contribution >= 0.6 is 0 Å². The van der Waals surface area contributed by atoms with Gasteiger partial charge in [-0.3, -0.25) is 0 Å². The van der Waals surface area contributed by atoms with Crippen molar-refractivity contribution in [3.8, 4) is 0 Å². The highest BCUT2D eigenvalue weighted by atomic mass is 19.2. The van der Waals surface area contributed by atoms with Crippen LogP contribution in [0.5, 0.6) is 0 Å². The second-order valence-electron chi connectivity index (χ2n) is 4.23. The first-order valence-corrected chi connectivity index (χ1v) is 5.48. The minimum absolute atomic E-state index is 0.120. The fourth-order valence-corrected chi connectivity index (χ4v) is 1.79. The van der Waals surface area contributed by atoms with Gasteiger partial charge in [0, 0.05) is 5.56 Å². The van der Waals surface area contributed by atoms with E-state index in [2.05, 4.69) is 0 Å². The lowest BCUT2D eigenvalue weighted by Crippen LogP contribution is -2.05. The number of aliphatic hydroxyl groups is 1. The Hall–Kier alpha value is -1.88. The summed E-state index contributed by atoms with van der Waals surface area (Å²) in [5.74, 6) is -5.19. The summed E-state index contributed by atoms with van der Waals surface area (Å²) in [6, 6.07) is 5.29. The number of aryl methyl sites for hydroxylation is 1. The van der Waals surface area contributed by atoms with Gasteiger partial charge in [0.1, 0.15) is 11.9 Å². The molecular formula is C14H10F4O. The quantitative estimate of drug-likeness (QED) is 0.652. The van der Waals surface area contributed by atoms with Crippen LogP contribution in [-0.2, 0) is 0 Å². The van der Waals surface area contributed by atoms with E-state index in [0.29, 0.717) is 17.7 Å². The van der Waals surface area contributed by atoms with Crippen LogP contribution in [-0.4, -0.2) is 5.11 Å². The molecule has 1 N–H and O–H groups in total. The summed E-state index contributed by atoms with van der Waals surface area (Å²) in [5, 5.41) is 9.94. The van der Waals surface area contributed by atoms with Crippen LogP contribution in [0.2, 0.25) is 0 Å². The average molecular weight is 270 g/mol. The molecule has 2 aromatic carbocycles. The second kappa shape index (κ2) is 5.01. The first-order valence-electron chi connectivity index (χ1n) is 5.48. The third-order valence-electron chi connectivity index (χ3n) is 2.77. The third-order valence-corrected chi connectivity index (χ3v) is 2.77. The van der Waals surface area contributed by atoms with E-state index in [-0.39, 0.29) is 11.1 Å². The van der Waals surface area contributed by atoms with Gasteiger partial charge >= 0.3 is 0 Å². The smallest absolute Gasteiger partial charge is 0.194 e. The van der Waals surface area contributed by atoms with Gasteiger partial charge in [0.15, 0.2) is 17.5 Å². The van der Waals surface area contributed by atoms with Gasteiger partial charge in [0.05, 0.1) is 0 Å². The maximum atomic E-state index is 13.6. The minimum Gasteiger partial charge on any atom is -0.384 e. The highest BCUT2D eigenvalue weighted by Gasteiger charge is 2.19. The summed E-state index contributed by atoms with van der Waals surface area (Å²) in [4.78, 5) is 0. The van der Waals surface area contributed by atoms with E-state index in [1.54, 1.807) is 6.92 Å². The lowest BCUT2D eigenvalue weighted by molar-refractivity contribution is 0.213. The first kappa shape index (κ1) is 13.5. The molecule has 0 saturated heterocycles. The number of rotatable bonds is 2. The van der Waals surface area contributed by atoms with Gasteiger partial charge in [0.25, 0.3) is 0 Å². The maximum absolute atomic E-state index is 13.6. The van der Waals surface area contributed by atoms with Crippen LogP contribution in [0.4, 0.5) is 17.6 Å². The molecule has 0 bridgehead atoms. The number of aliphatic hydroxyl groups excluding tert-OH is 1. The lowest BCUT2D eigenvalue weighted by Gasteiger charge is -2.13. The van der Waals surface area contributed by atoms with Crippen molar-refractivity contribution >= 4 is 0 Å². The number of benzene rings is 2. The molecule has 2 aromatic rings. The largest absolute Gasteiger partial charge is 0.384 e. The summed E-state index contributed by atoms with van der Waals surface area (Å²) in [5.41, 5.74) is 0.310. The molecule has 0 spiro atoms. The molecule has 1 atom stereocenters. The van der Waals surface area contributed by atoms with Crippen LogP contribution in [0.3, 0.4) is 0 Å². The van der Waals surface area contributed by atoms with Gasteiger partial charge in [-0.05, 0) is 30.7 Å². The molecule has 0 saturated carbocycles. The molecule has 0 fully saturated rings. The topological polar surface area (TPSA) is 20.2 Å². The van der Waals surface area contributed by atoms with Gasteiger partial charge in [-0.25, -0.2) is 17.6 Å². The van der Waals surface area contributed by atoms with Crippen molar-refractivity contribution in [1.82, 2.24) is 0 Å². The minimum atomic E-state index is -1.62. The van der Waals surface area contributed by atoms with Gasteiger partial charge in [-0.1, -0.05) is 17.7 Å². The summed E-state index contributed by atoms with van der Waals surface area (Å²) in [6.07, 6.45) is -1.57. The molecule has 0 aliphatic carbocycles. The second-order valence-corrected chi connectivity index (χ2v) is 4.23. The number of hydrogen-bond acceptors (Lipinski definition) is 1. The molecule has 1 nitrogen and oxygen atoms in total. The van der Waals surface area contributed by atoms with Crippen molar-refractivity contribution in [2.45, 2.75) is 13.0 Å². The van der Waals surface area contributed by atoms with Crippen molar-refractivity contribution < 1.29 is 22.7 Å². The Labute approximate surface area is 107 Å². The summed E-state index contributed by atoms with van der Waals surface area (Å²) < 4.78 is 52.5. The van der Waals surface area contributed by atoms with Crippen molar-refractivity contribution in [2.75, 3.05) is 0 Å². The van der Waals surface area contributed by atoms with E-state index >= 15 is 0 Å². The maximum Gasteiger partial charge on any atom is 0.194 e. The lowest BCUT2D eigenvalue weighted by atomic mass is 9.99. The van der Waals surface area contributed by atoms with Gasteiger partial charge < -0.3 is 5.11 Å². The molecule has 5 heteroatoms. The monoisotopic (exact) mass is 270 g/mol. The molecule has 0 radical (unpaired) electrons. The van der Waals surface area contributed by atoms with Crippen LogP contribution < -0.4 is 0 Å². The number of halogens is 4. The van der Waals surface area contributed by atoms with E-state index in [9.17, 15) is 22.7 Å². The molecule has 0 aliphatic rings. The predicted molar refractivity (Wildman–Crippen MR) is 61.5 cm³/mol. The van der Waals surface area contributed by atoms with Gasteiger partial charge in [0.2, 0.25) is 0 Å². The van der Waals surface area contributed by atoms with Crippen molar-refractivity contribution in [2.24, 2.45) is 0 Å². The van der Waals surface area contributed by atoms with Crippen LogP contribution in [0.1, 0.15) is 22.8 Å². The normalized spacial score (nSPS) is 12.5. The zero-order chi connectivity index (χ0) is 14.2. The fourth-order valence-electron chi connectivity index (χ4n) is 1.79. The molecular weight excluding hydrogens is 260 g/mol. The van der Waals surface area contributed by atoms with E-state index in [1.807, 2.05) is 0 Å². The Morgan fingerprint density at radius 1 is 0.895 bits per heavy atom. The highest BCUT2D eigenvalue weighted by molar-refractivity contribution is 5.34. The summed E-state index contributed by atoms with van der Waals surface area (Å²) in [6.45, 7) is 1.68. The zero-order valence-electron chi connectivity index (χ0n) is 9.92. The summed E-state index contributed by atoms with van der Waals surface area (Å²) >= 11 is 0. The molecule has 100 valence electrons. The third kappa shape index (κ3) is 2.61.